The molecular formula is C25H31N2O2. The van der Waals surface area contributed by atoms with Gasteiger partial charge in [0.25, 0.3) is 0 Å². The monoisotopic (exact) mass is 391 g/mol. The third-order valence-corrected chi connectivity index (χ3v) is 5.50. The van der Waals surface area contributed by atoms with Gasteiger partial charge in [0, 0.05) is 19.8 Å². The Morgan fingerprint density at radius 3 is 1.86 bits per heavy atom. The maximum atomic E-state index is 12.5. The van der Waals surface area contributed by atoms with Gasteiger partial charge in [0.2, 0.25) is 0 Å². The van der Waals surface area contributed by atoms with Crippen LogP contribution in [0.5, 0.6) is 5.75 Å². The smallest absolute Gasteiger partial charge is 0.119 e. The molecule has 0 saturated heterocycles. The summed E-state index contributed by atoms with van der Waals surface area (Å²) in [5, 5.41) is 13.6. The molecule has 1 aliphatic rings. The van der Waals surface area contributed by atoms with Gasteiger partial charge in [-0.15, -0.1) is 10.3 Å². The summed E-state index contributed by atoms with van der Waals surface area (Å²) in [6.07, 6.45) is 6.22. The fraction of sp³-hybridized carbons (Fsp3) is 0.360. The van der Waals surface area contributed by atoms with Crippen LogP contribution in [0.1, 0.15) is 38.8 Å². The van der Waals surface area contributed by atoms with Crippen molar-refractivity contribution in [3.8, 4) is 5.75 Å². The van der Waals surface area contributed by atoms with E-state index in [9.17, 15) is 5.21 Å². The number of ether oxygens (including phenoxy) is 1. The summed E-state index contributed by atoms with van der Waals surface area (Å²) in [4.78, 5) is 2.09. The van der Waals surface area contributed by atoms with Crippen molar-refractivity contribution in [1.82, 2.24) is 5.06 Å². The molecule has 0 N–H and O–H groups in total. The van der Waals surface area contributed by atoms with Crippen LogP contribution in [0, 0.1) is 0 Å². The number of rotatable bonds is 6. The van der Waals surface area contributed by atoms with Crippen LogP contribution in [-0.4, -0.2) is 36.8 Å². The molecule has 0 amide bonds. The molecule has 0 atom stereocenters. The highest BCUT2D eigenvalue weighted by Gasteiger charge is 2.46. The zero-order valence-corrected chi connectivity index (χ0v) is 18.3. The number of anilines is 1. The third-order valence-electron chi connectivity index (χ3n) is 5.50. The van der Waals surface area contributed by atoms with E-state index in [0.717, 1.165) is 27.5 Å². The Bertz CT molecular complexity index is 891. The van der Waals surface area contributed by atoms with Crippen molar-refractivity contribution in [2.24, 2.45) is 0 Å². The number of benzene rings is 2. The minimum atomic E-state index is -0.547. The van der Waals surface area contributed by atoms with Gasteiger partial charge in [-0.1, -0.05) is 42.5 Å². The molecule has 153 valence electrons. The number of nitrogens with zero attached hydrogens (tertiary/aromatic N) is 2. The first-order valence-corrected chi connectivity index (χ1v) is 9.97. The summed E-state index contributed by atoms with van der Waals surface area (Å²) in [6.45, 7) is 8.18. The molecule has 0 unspecified atom stereocenters. The minimum Gasteiger partial charge on any atom is -0.489 e. The summed E-state index contributed by atoms with van der Waals surface area (Å²) in [5.41, 5.74) is 3.43. The minimum absolute atomic E-state index is 0.419. The molecule has 0 aliphatic carbocycles. The Balaban J connectivity index is 1.61. The number of hydrogen-bond donors (Lipinski definition) is 0. The summed E-state index contributed by atoms with van der Waals surface area (Å²) >= 11 is 0. The summed E-state index contributed by atoms with van der Waals surface area (Å²) in [6, 6.07) is 16.5. The van der Waals surface area contributed by atoms with Crippen LogP contribution in [0.4, 0.5) is 5.69 Å². The van der Waals surface area contributed by atoms with Crippen LogP contribution in [0.3, 0.4) is 0 Å². The SMILES string of the molecule is CN(C)c1ccc(/C=C/c2ccc(OCC3=CC(C)(C)N([O])C3(C)C)cc2)cc1. The predicted octanol–water partition coefficient (Wildman–Crippen LogP) is 5.45. The van der Waals surface area contributed by atoms with Crippen molar-refractivity contribution < 1.29 is 9.94 Å². The maximum Gasteiger partial charge on any atom is 0.119 e. The average Bonchev–Trinajstić information content (AvgIpc) is 2.85. The number of hydrogen-bond acceptors (Lipinski definition) is 3. The van der Waals surface area contributed by atoms with Crippen LogP contribution in [0.15, 0.2) is 60.2 Å². The van der Waals surface area contributed by atoms with Gasteiger partial charge in [0.05, 0.1) is 11.1 Å². The lowest BCUT2D eigenvalue weighted by atomic mass is 9.97. The average molecular weight is 392 g/mol. The standard InChI is InChI=1S/C25H31N2O2/c1-24(2)17-21(25(3,4)27(24)28)18-29-23-15-11-20(12-16-23)8-7-19-9-13-22(14-10-19)26(5)6/h7-17H,18H2,1-6H3/b8-7+. The topological polar surface area (TPSA) is 35.6 Å². The van der Waals surface area contributed by atoms with E-state index >= 15 is 0 Å². The van der Waals surface area contributed by atoms with Crippen molar-refractivity contribution >= 4 is 17.8 Å². The first-order valence-electron chi connectivity index (χ1n) is 9.97. The van der Waals surface area contributed by atoms with E-state index in [1.807, 2.05) is 72.1 Å². The molecule has 4 nitrogen and oxygen atoms in total. The highest BCUT2D eigenvalue weighted by atomic mass is 16.5. The molecule has 1 heterocycles. The van der Waals surface area contributed by atoms with Crippen LogP contribution in [-0.2, 0) is 5.21 Å². The van der Waals surface area contributed by atoms with E-state index < -0.39 is 11.1 Å². The fourth-order valence-corrected chi connectivity index (χ4v) is 3.64. The molecule has 4 heteroatoms. The Hall–Kier alpha value is -2.56. The van der Waals surface area contributed by atoms with E-state index in [0.29, 0.717) is 6.61 Å². The van der Waals surface area contributed by atoms with E-state index in [-0.39, 0.29) is 0 Å². The second kappa shape index (κ2) is 8.05. The van der Waals surface area contributed by atoms with E-state index in [2.05, 4.69) is 41.3 Å². The Kier molecular flexibility index (Phi) is 5.87. The van der Waals surface area contributed by atoms with Gasteiger partial charge < -0.3 is 9.64 Å². The lowest BCUT2D eigenvalue weighted by Gasteiger charge is -2.33. The lowest BCUT2D eigenvalue weighted by Crippen LogP contribution is -2.47. The van der Waals surface area contributed by atoms with Crippen molar-refractivity contribution in [2.75, 3.05) is 25.6 Å². The van der Waals surface area contributed by atoms with Crippen LogP contribution in [0.25, 0.3) is 12.2 Å². The van der Waals surface area contributed by atoms with Crippen LogP contribution >= 0.6 is 0 Å². The maximum absolute atomic E-state index is 12.5. The van der Waals surface area contributed by atoms with Gasteiger partial charge in [-0.25, -0.2) is 0 Å². The highest BCUT2D eigenvalue weighted by molar-refractivity contribution is 5.70. The van der Waals surface area contributed by atoms with E-state index in [4.69, 9.17) is 4.74 Å². The van der Waals surface area contributed by atoms with E-state index in [1.165, 1.54) is 5.69 Å². The first-order chi connectivity index (χ1) is 13.6. The molecule has 1 aliphatic heterocycles. The van der Waals surface area contributed by atoms with Gasteiger partial charge in [-0.2, -0.15) is 0 Å². The zero-order valence-electron chi connectivity index (χ0n) is 18.3. The van der Waals surface area contributed by atoms with E-state index in [1.54, 1.807) is 0 Å². The van der Waals surface area contributed by atoms with Crippen molar-refractivity contribution in [3.05, 3.63) is 71.3 Å². The Labute approximate surface area is 174 Å². The molecule has 3 rings (SSSR count). The molecule has 29 heavy (non-hydrogen) atoms. The van der Waals surface area contributed by atoms with Gasteiger partial charge >= 0.3 is 0 Å². The van der Waals surface area contributed by atoms with Gasteiger partial charge in [-0.3, -0.25) is 0 Å². The van der Waals surface area contributed by atoms with Crippen molar-refractivity contribution in [3.63, 3.8) is 0 Å². The largest absolute Gasteiger partial charge is 0.489 e. The second-order valence-electron chi connectivity index (χ2n) is 8.85. The molecule has 0 saturated carbocycles. The Morgan fingerprint density at radius 2 is 1.41 bits per heavy atom. The van der Waals surface area contributed by atoms with Crippen LogP contribution in [0.2, 0.25) is 0 Å². The van der Waals surface area contributed by atoms with Crippen molar-refractivity contribution in [1.29, 1.82) is 0 Å². The summed E-state index contributed by atoms with van der Waals surface area (Å²) in [7, 11) is 4.08. The number of hydroxylamine groups is 2. The predicted molar refractivity (Wildman–Crippen MR) is 120 cm³/mol. The van der Waals surface area contributed by atoms with Gasteiger partial charge in [0.15, 0.2) is 0 Å². The summed E-state index contributed by atoms with van der Waals surface area (Å²) in [5.74, 6) is 0.802. The van der Waals surface area contributed by atoms with Gasteiger partial charge in [-0.05, 0) is 68.7 Å². The zero-order chi connectivity index (χ0) is 21.2. The van der Waals surface area contributed by atoms with Crippen molar-refractivity contribution in [2.45, 2.75) is 38.8 Å². The fourth-order valence-electron chi connectivity index (χ4n) is 3.64. The lowest BCUT2D eigenvalue weighted by molar-refractivity contribution is -0.239. The molecule has 2 aromatic rings. The summed E-state index contributed by atoms with van der Waals surface area (Å²) < 4.78 is 5.96. The second-order valence-corrected chi connectivity index (χ2v) is 8.85. The third kappa shape index (κ3) is 4.72. The van der Waals surface area contributed by atoms with Crippen LogP contribution < -0.4 is 9.64 Å². The highest BCUT2D eigenvalue weighted by Crippen LogP contribution is 2.38. The molecule has 2 aromatic carbocycles. The molecule has 0 aromatic heterocycles. The molecule has 0 fully saturated rings. The first kappa shape index (κ1) is 21.2. The molecule has 0 spiro atoms. The van der Waals surface area contributed by atoms with Gasteiger partial charge in [0.1, 0.15) is 12.4 Å². The Morgan fingerprint density at radius 1 is 0.897 bits per heavy atom. The quantitative estimate of drug-likeness (QED) is 0.485. The molecule has 0 bridgehead atoms. The molecule has 1 radical (unpaired) electrons. The normalized spacial score (nSPS) is 18.1. The molecular weight excluding hydrogens is 360 g/mol.